The van der Waals surface area contributed by atoms with Crippen molar-refractivity contribution in [3.63, 3.8) is 0 Å². The van der Waals surface area contributed by atoms with Crippen LogP contribution in [0.3, 0.4) is 0 Å². The molecule has 4 rings (SSSR count). The van der Waals surface area contributed by atoms with E-state index in [0.717, 1.165) is 18.4 Å². The first-order chi connectivity index (χ1) is 12.5. The third kappa shape index (κ3) is 2.69. The summed E-state index contributed by atoms with van der Waals surface area (Å²) < 4.78 is 5.82. The molecule has 0 radical (unpaired) electrons. The van der Waals surface area contributed by atoms with Gasteiger partial charge in [-0.3, -0.25) is 9.59 Å². The zero-order chi connectivity index (χ0) is 18.4. The van der Waals surface area contributed by atoms with Gasteiger partial charge in [-0.1, -0.05) is 17.7 Å². The number of carbonyl (C=O) groups excluding carboxylic acids is 2. The number of hydrogen-bond donors (Lipinski definition) is 0. The van der Waals surface area contributed by atoms with Crippen molar-refractivity contribution < 1.29 is 14.0 Å². The molecule has 2 aliphatic rings. The number of fused-ring (bicyclic) bond motifs is 1. The van der Waals surface area contributed by atoms with E-state index in [1.165, 1.54) is 5.56 Å². The lowest BCUT2D eigenvalue weighted by Crippen LogP contribution is -2.61. The lowest BCUT2D eigenvalue weighted by molar-refractivity contribution is -0.159. The monoisotopic (exact) mass is 353 g/mol. The molecule has 2 fully saturated rings. The molecule has 2 aromatic rings. The maximum absolute atomic E-state index is 12.9. The fourth-order valence-electron chi connectivity index (χ4n) is 3.81. The number of aromatic nitrogens is 1. The molecule has 0 unspecified atom stereocenters. The van der Waals surface area contributed by atoms with Crippen LogP contribution in [-0.4, -0.2) is 45.2 Å². The Hall–Kier alpha value is -2.63. The van der Waals surface area contributed by atoms with Crippen LogP contribution in [0, 0.1) is 13.8 Å². The van der Waals surface area contributed by atoms with Crippen LogP contribution >= 0.6 is 0 Å². The van der Waals surface area contributed by atoms with Crippen molar-refractivity contribution in [3.05, 3.63) is 41.3 Å². The molecule has 1 aromatic heterocycles. The maximum Gasteiger partial charge on any atom is 0.246 e. The van der Waals surface area contributed by atoms with Crippen molar-refractivity contribution >= 4 is 11.8 Å². The Bertz CT molecular complexity index is 856. The van der Waals surface area contributed by atoms with Gasteiger partial charge in [-0.15, -0.1) is 0 Å². The Balaban J connectivity index is 1.59. The summed E-state index contributed by atoms with van der Waals surface area (Å²) in [6.45, 7) is 6.67. The minimum absolute atomic E-state index is 0.0221. The first kappa shape index (κ1) is 16.8. The summed E-state index contributed by atoms with van der Waals surface area (Å²) >= 11 is 0. The van der Waals surface area contributed by atoms with Gasteiger partial charge < -0.3 is 14.2 Å². The molecule has 2 aliphatic heterocycles. The third-order valence-corrected chi connectivity index (χ3v) is 5.44. The molecule has 1 aromatic carbocycles. The molecule has 6 nitrogen and oxygen atoms in total. The first-order valence-electron chi connectivity index (χ1n) is 9.10. The predicted octanol–water partition coefficient (Wildman–Crippen LogP) is 2.68. The number of oxazole rings is 1. The Morgan fingerprint density at radius 1 is 1.15 bits per heavy atom. The molecule has 0 aliphatic carbocycles. The molecule has 136 valence electrons. The molecule has 0 spiro atoms. The number of amides is 2. The normalized spacial score (nSPS) is 22.9. The van der Waals surface area contributed by atoms with Crippen molar-refractivity contribution in [1.29, 1.82) is 0 Å². The molecule has 6 heteroatoms. The van der Waals surface area contributed by atoms with E-state index in [4.69, 9.17) is 4.42 Å². The molecule has 3 heterocycles. The highest BCUT2D eigenvalue weighted by Crippen LogP contribution is 2.29. The lowest BCUT2D eigenvalue weighted by atomic mass is 10.1. The molecule has 2 saturated heterocycles. The van der Waals surface area contributed by atoms with Crippen molar-refractivity contribution in [1.82, 2.24) is 14.8 Å². The molecular formula is C20H23N3O3. The van der Waals surface area contributed by atoms with Gasteiger partial charge in [0.1, 0.15) is 23.5 Å². The van der Waals surface area contributed by atoms with Crippen LogP contribution in [0.2, 0.25) is 0 Å². The van der Waals surface area contributed by atoms with Gasteiger partial charge in [0, 0.05) is 12.1 Å². The minimum Gasteiger partial charge on any atom is -0.441 e. The van der Waals surface area contributed by atoms with E-state index in [0.29, 0.717) is 30.4 Å². The average Bonchev–Trinajstić information content (AvgIpc) is 3.25. The first-order valence-corrected chi connectivity index (χ1v) is 9.10. The molecule has 26 heavy (non-hydrogen) atoms. The summed E-state index contributed by atoms with van der Waals surface area (Å²) in [4.78, 5) is 33.4. The van der Waals surface area contributed by atoms with Crippen molar-refractivity contribution in [2.24, 2.45) is 0 Å². The van der Waals surface area contributed by atoms with Crippen LogP contribution in [0.1, 0.15) is 36.8 Å². The smallest absolute Gasteiger partial charge is 0.246 e. The van der Waals surface area contributed by atoms with Gasteiger partial charge >= 0.3 is 0 Å². The zero-order valence-electron chi connectivity index (χ0n) is 15.4. The van der Waals surface area contributed by atoms with Crippen LogP contribution in [0.4, 0.5) is 0 Å². The second kappa shape index (κ2) is 6.27. The van der Waals surface area contributed by atoms with Gasteiger partial charge in [0.05, 0.1) is 6.54 Å². The van der Waals surface area contributed by atoms with Crippen molar-refractivity contribution in [2.75, 3.05) is 6.54 Å². The minimum atomic E-state index is -0.462. The second-order valence-electron chi connectivity index (χ2n) is 7.22. The molecule has 0 bridgehead atoms. The molecule has 0 saturated carbocycles. The van der Waals surface area contributed by atoms with Gasteiger partial charge in [-0.05, 0) is 45.7 Å². The summed E-state index contributed by atoms with van der Waals surface area (Å²) in [5.41, 5.74) is 2.78. The number of piperazine rings is 1. The highest BCUT2D eigenvalue weighted by Gasteiger charge is 2.46. The second-order valence-corrected chi connectivity index (χ2v) is 7.22. The van der Waals surface area contributed by atoms with E-state index in [-0.39, 0.29) is 17.9 Å². The summed E-state index contributed by atoms with van der Waals surface area (Å²) in [5, 5.41) is 0. The third-order valence-electron chi connectivity index (χ3n) is 5.44. The van der Waals surface area contributed by atoms with Crippen LogP contribution in [0.5, 0.6) is 0 Å². The molecule has 2 amide bonds. The fourth-order valence-corrected chi connectivity index (χ4v) is 3.81. The van der Waals surface area contributed by atoms with E-state index in [1.807, 2.05) is 38.1 Å². The van der Waals surface area contributed by atoms with Crippen LogP contribution in [-0.2, 0) is 16.1 Å². The Morgan fingerprint density at radius 3 is 2.62 bits per heavy atom. The Labute approximate surface area is 152 Å². The lowest BCUT2D eigenvalue weighted by Gasteiger charge is -2.40. The van der Waals surface area contributed by atoms with Crippen LogP contribution in [0.15, 0.2) is 28.7 Å². The Morgan fingerprint density at radius 2 is 1.88 bits per heavy atom. The van der Waals surface area contributed by atoms with E-state index in [9.17, 15) is 9.59 Å². The molecule has 2 atom stereocenters. The largest absolute Gasteiger partial charge is 0.441 e. The summed E-state index contributed by atoms with van der Waals surface area (Å²) in [6, 6.07) is 7.20. The average molecular weight is 353 g/mol. The van der Waals surface area contributed by atoms with E-state index in [2.05, 4.69) is 4.98 Å². The fraction of sp³-hybridized carbons (Fsp3) is 0.450. The van der Waals surface area contributed by atoms with E-state index < -0.39 is 6.04 Å². The number of carbonyl (C=O) groups is 2. The van der Waals surface area contributed by atoms with Crippen molar-refractivity contribution in [3.8, 4) is 11.5 Å². The SMILES string of the molecule is Cc1ccc(-c2nc(CN3C(=O)[C@H]4CCCN4C(=O)[C@@H]3C)c(C)o2)cc1. The van der Waals surface area contributed by atoms with Crippen LogP contribution < -0.4 is 0 Å². The summed E-state index contributed by atoms with van der Waals surface area (Å²) in [6.07, 6.45) is 1.64. The predicted molar refractivity (Wildman–Crippen MR) is 96.2 cm³/mol. The van der Waals surface area contributed by atoms with Crippen molar-refractivity contribution in [2.45, 2.75) is 52.2 Å². The molecule has 0 N–H and O–H groups in total. The van der Waals surface area contributed by atoms with E-state index >= 15 is 0 Å². The zero-order valence-corrected chi connectivity index (χ0v) is 15.4. The maximum atomic E-state index is 12.9. The standard InChI is InChI=1S/C20H23N3O3/c1-12-6-8-15(9-7-12)18-21-16(14(3)26-18)11-23-13(2)19(24)22-10-4-5-17(22)20(23)25/h6-9,13,17H,4-5,10-11H2,1-3H3/t13-,17+/m0/s1. The summed E-state index contributed by atoms with van der Waals surface area (Å²) in [7, 11) is 0. The number of hydrogen-bond acceptors (Lipinski definition) is 4. The van der Waals surface area contributed by atoms with Gasteiger partial charge in [-0.25, -0.2) is 4.98 Å². The quantitative estimate of drug-likeness (QED) is 0.851. The number of benzene rings is 1. The van der Waals surface area contributed by atoms with Gasteiger partial charge in [-0.2, -0.15) is 0 Å². The highest BCUT2D eigenvalue weighted by molar-refractivity contribution is 5.97. The van der Waals surface area contributed by atoms with Gasteiger partial charge in [0.15, 0.2) is 0 Å². The van der Waals surface area contributed by atoms with Crippen LogP contribution in [0.25, 0.3) is 11.5 Å². The van der Waals surface area contributed by atoms with Gasteiger partial charge in [0.2, 0.25) is 17.7 Å². The van der Waals surface area contributed by atoms with Gasteiger partial charge in [0.25, 0.3) is 0 Å². The number of aryl methyl sites for hydroxylation is 2. The summed E-state index contributed by atoms with van der Waals surface area (Å²) in [5.74, 6) is 1.28. The number of rotatable bonds is 3. The Kier molecular flexibility index (Phi) is 4.05. The highest BCUT2D eigenvalue weighted by atomic mass is 16.4. The topological polar surface area (TPSA) is 66.7 Å². The number of nitrogens with zero attached hydrogens (tertiary/aromatic N) is 3. The van der Waals surface area contributed by atoms with E-state index in [1.54, 1.807) is 16.7 Å². The molecular weight excluding hydrogens is 330 g/mol.